The maximum Gasteiger partial charge on any atom is 0.408 e. The van der Waals surface area contributed by atoms with Crippen molar-refractivity contribution >= 4 is 56.8 Å². The zero-order chi connectivity index (χ0) is 38.8. The quantitative estimate of drug-likeness (QED) is 0.150. The van der Waals surface area contributed by atoms with Crippen molar-refractivity contribution in [3.63, 3.8) is 0 Å². The number of hydrogen-bond acceptors (Lipinski definition) is 12. The minimum absolute atomic E-state index is 0.00213. The number of aromatic nitrogens is 4. The fourth-order valence-electron chi connectivity index (χ4n) is 6.26. The molecule has 4 aromatic rings. The normalized spacial score (nSPS) is 21.3. The predicted molar refractivity (Wildman–Crippen MR) is 198 cm³/mol. The number of amides is 3. The molecule has 54 heavy (non-hydrogen) atoms. The Bertz CT molecular complexity index is 2000. The number of carbonyl (C=O) groups excluding carboxylic acids is 4. The Morgan fingerprint density at radius 3 is 2.17 bits per heavy atom. The SMILES string of the molecule is COC(=O)C(CC/C=C(\Br)[C@H]1O[C@@H](n2cnc3c(N(C(=O)c4ccccc4)C(=O)c4ccccc4)ncnc32)[C@@H]2OC(C)(C)O[C@@H]21)NC(=O)OC(C)(C)C. The van der Waals surface area contributed by atoms with E-state index in [4.69, 9.17) is 23.7 Å². The monoisotopic (exact) mass is 804 g/mol. The molecule has 6 rings (SSSR count). The molecule has 2 aliphatic rings. The van der Waals surface area contributed by atoms with Crippen LogP contribution in [0.1, 0.15) is 74.4 Å². The molecule has 1 unspecified atom stereocenters. The van der Waals surface area contributed by atoms with Crippen LogP contribution in [0.15, 0.2) is 83.9 Å². The van der Waals surface area contributed by atoms with Gasteiger partial charge in [0.15, 0.2) is 29.0 Å². The molecule has 284 valence electrons. The predicted octanol–water partition coefficient (Wildman–Crippen LogP) is 5.86. The van der Waals surface area contributed by atoms with Gasteiger partial charge in [0.25, 0.3) is 11.8 Å². The van der Waals surface area contributed by atoms with Crippen molar-refractivity contribution in [2.45, 2.75) is 89.4 Å². The summed E-state index contributed by atoms with van der Waals surface area (Å²) in [7, 11) is 1.25. The number of fused-ring (bicyclic) bond motifs is 2. The Labute approximate surface area is 320 Å². The highest BCUT2D eigenvalue weighted by molar-refractivity contribution is 9.11. The molecule has 5 atom stereocenters. The Morgan fingerprint density at radius 2 is 1.57 bits per heavy atom. The molecular weight excluding hydrogens is 764 g/mol. The van der Waals surface area contributed by atoms with E-state index in [0.29, 0.717) is 16.6 Å². The Hall–Kier alpha value is -5.03. The summed E-state index contributed by atoms with van der Waals surface area (Å²) >= 11 is 3.66. The van der Waals surface area contributed by atoms with Crippen molar-refractivity contribution in [1.82, 2.24) is 24.8 Å². The second-order valence-corrected chi connectivity index (χ2v) is 15.0. The van der Waals surface area contributed by atoms with E-state index in [1.165, 1.54) is 19.8 Å². The first-order valence-corrected chi connectivity index (χ1v) is 18.1. The summed E-state index contributed by atoms with van der Waals surface area (Å²) in [5.74, 6) is -2.75. The summed E-state index contributed by atoms with van der Waals surface area (Å²) in [5.41, 5.74) is 0.301. The van der Waals surface area contributed by atoms with E-state index in [1.807, 2.05) is 6.08 Å². The minimum atomic E-state index is -0.965. The van der Waals surface area contributed by atoms with Gasteiger partial charge >= 0.3 is 12.1 Å². The van der Waals surface area contributed by atoms with Crippen LogP contribution in [0, 0.1) is 0 Å². The number of hydrogen-bond donors (Lipinski definition) is 1. The smallest absolute Gasteiger partial charge is 0.408 e. The number of anilines is 1. The number of rotatable bonds is 10. The summed E-state index contributed by atoms with van der Waals surface area (Å²) in [6.07, 6.45) is 1.72. The molecule has 2 aliphatic heterocycles. The van der Waals surface area contributed by atoms with Gasteiger partial charge in [0.2, 0.25) is 0 Å². The highest BCUT2D eigenvalue weighted by Gasteiger charge is 2.57. The largest absolute Gasteiger partial charge is 0.467 e. The number of ether oxygens (including phenoxy) is 5. The summed E-state index contributed by atoms with van der Waals surface area (Å²) < 4.78 is 31.8. The molecule has 0 saturated carbocycles. The van der Waals surface area contributed by atoms with E-state index in [9.17, 15) is 19.2 Å². The lowest BCUT2D eigenvalue weighted by Gasteiger charge is -2.25. The lowest BCUT2D eigenvalue weighted by atomic mass is 10.1. The van der Waals surface area contributed by atoms with Crippen molar-refractivity contribution in [2.75, 3.05) is 12.0 Å². The fourth-order valence-corrected chi connectivity index (χ4v) is 6.86. The number of carbonyl (C=O) groups is 4. The van der Waals surface area contributed by atoms with Crippen molar-refractivity contribution < 1.29 is 42.9 Å². The lowest BCUT2D eigenvalue weighted by Crippen LogP contribution is -2.43. The summed E-state index contributed by atoms with van der Waals surface area (Å²) in [6.45, 7) is 8.78. The van der Waals surface area contributed by atoms with E-state index in [0.717, 1.165) is 4.90 Å². The Kier molecular flexibility index (Phi) is 11.3. The van der Waals surface area contributed by atoms with Gasteiger partial charge in [-0.1, -0.05) is 58.4 Å². The van der Waals surface area contributed by atoms with E-state index in [1.54, 1.807) is 99.8 Å². The molecular formula is C38H41BrN6O9. The molecule has 0 radical (unpaired) electrons. The summed E-state index contributed by atoms with van der Waals surface area (Å²) in [5, 5.41) is 2.58. The van der Waals surface area contributed by atoms with Crippen molar-refractivity contribution in [3.8, 4) is 0 Å². The molecule has 0 aliphatic carbocycles. The number of nitrogens with one attached hydrogen (secondary N) is 1. The van der Waals surface area contributed by atoms with E-state index in [2.05, 4.69) is 36.2 Å². The first kappa shape index (κ1) is 38.7. The van der Waals surface area contributed by atoms with Gasteiger partial charge in [-0.05, 0) is 71.7 Å². The molecule has 0 bridgehead atoms. The van der Waals surface area contributed by atoms with Crippen LogP contribution < -0.4 is 10.2 Å². The third-order valence-electron chi connectivity index (χ3n) is 8.55. The number of methoxy groups -OCH3 is 1. The number of imidazole rings is 1. The number of alkyl carbamates (subject to hydrolysis) is 1. The molecule has 1 N–H and O–H groups in total. The van der Waals surface area contributed by atoms with Crippen LogP contribution in [-0.4, -0.2) is 86.2 Å². The number of esters is 1. The minimum Gasteiger partial charge on any atom is -0.467 e. The topological polar surface area (TPSA) is 173 Å². The van der Waals surface area contributed by atoms with E-state index >= 15 is 0 Å². The van der Waals surface area contributed by atoms with Gasteiger partial charge in [-0.3, -0.25) is 14.2 Å². The second-order valence-electron chi connectivity index (χ2n) is 14.1. The average Bonchev–Trinajstić information content (AvgIpc) is 3.81. The van der Waals surface area contributed by atoms with Crippen LogP contribution in [0.3, 0.4) is 0 Å². The van der Waals surface area contributed by atoms with Gasteiger partial charge in [-0.2, -0.15) is 0 Å². The van der Waals surface area contributed by atoms with Gasteiger partial charge < -0.3 is 29.0 Å². The molecule has 2 fully saturated rings. The molecule has 2 aromatic heterocycles. The van der Waals surface area contributed by atoms with Gasteiger partial charge in [0, 0.05) is 15.6 Å². The first-order chi connectivity index (χ1) is 25.7. The first-order valence-electron chi connectivity index (χ1n) is 17.3. The zero-order valence-electron chi connectivity index (χ0n) is 30.6. The second kappa shape index (κ2) is 15.8. The van der Waals surface area contributed by atoms with Crippen LogP contribution in [0.4, 0.5) is 10.6 Å². The van der Waals surface area contributed by atoms with Gasteiger partial charge in [-0.15, -0.1) is 0 Å². The van der Waals surface area contributed by atoms with Crippen LogP contribution in [0.2, 0.25) is 0 Å². The third-order valence-corrected chi connectivity index (χ3v) is 9.32. The molecule has 2 aromatic carbocycles. The standard InChI is InChI=1S/C38H41BrN6O9/c1-37(2,3)54-36(49)43-25(35(48)50-6)19-13-18-24(39)27-28-29(53-38(4,5)52-28)34(51-27)44-21-42-26-30(44)40-20-41-31(26)45(32(46)22-14-9-7-10-15-22)33(47)23-16-11-8-12-17-23/h7-12,14-18,20-21,25,27-29,34H,13,19H2,1-6H3,(H,43,49)/b24-18-/t25?,27-,28-,29-,34-/m1/s1. The van der Waals surface area contributed by atoms with Gasteiger partial charge in [0.05, 0.1) is 13.4 Å². The van der Waals surface area contributed by atoms with Crippen molar-refractivity contribution in [1.29, 1.82) is 0 Å². The van der Waals surface area contributed by atoms with Gasteiger partial charge in [-0.25, -0.2) is 29.4 Å². The number of halogens is 1. The summed E-state index contributed by atoms with van der Waals surface area (Å²) in [6, 6.07) is 15.9. The number of nitrogens with zero attached hydrogens (tertiary/aromatic N) is 5. The van der Waals surface area contributed by atoms with Crippen LogP contribution >= 0.6 is 15.9 Å². The number of benzene rings is 2. The highest BCUT2D eigenvalue weighted by Crippen LogP contribution is 2.47. The summed E-state index contributed by atoms with van der Waals surface area (Å²) in [4.78, 5) is 67.4. The Morgan fingerprint density at radius 1 is 0.963 bits per heavy atom. The van der Waals surface area contributed by atoms with Crippen molar-refractivity contribution in [2.24, 2.45) is 0 Å². The van der Waals surface area contributed by atoms with Crippen LogP contribution in [0.25, 0.3) is 11.2 Å². The molecule has 3 amide bonds. The molecule has 4 heterocycles. The fraction of sp³-hybridized carbons (Fsp3) is 0.395. The zero-order valence-corrected chi connectivity index (χ0v) is 32.2. The molecule has 15 nitrogen and oxygen atoms in total. The number of imide groups is 1. The lowest BCUT2D eigenvalue weighted by molar-refractivity contribution is -0.191. The molecule has 2 saturated heterocycles. The average molecular weight is 806 g/mol. The van der Waals surface area contributed by atoms with Crippen LogP contribution in [-0.2, 0) is 28.5 Å². The number of allylic oxidation sites excluding steroid dienone is 1. The molecule has 0 spiro atoms. The maximum atomic E-state index is 14.0. The maximum absolute atomic E-state index is 14.0. The highest BCUT2D eigenvalue weighted by atomic mass is 79.9. The van der Waals surface area contributed by atoms with Crippen LogP contribution in [0.5, 0.6) is 0 Å². The van der Waals surface area contributed by atoms with E-state index < -0.39 is 65.8 Å². The van der Waals surface area contributed by atoms with E-state index in [-0.39, 0.29) is 28.9 Å². The Balaban J connectivity index is 1.29. The van der Waals surface area contributed by atoms with Crippen molar-refractivity contribution in [3.05, 3.63) is 95.0 Å². The molecule has 16 heteroatoms. The van der Waals surface area contributed by atoms with Gasteiger partial charge in [0.1, 0.15) is 36.3 Å². The third kappa shape index (κ3) is 8.36.